The maximum atomic E-state index is 10.3. The first-order valence-corrected chi connectivity index (χ1v) is 13.4. The Morgan fingerprint density at radius 1 is 0.745 bits per heavy atom. The third kappa shape index (κ3) is 13.1. The molecule has 2 saturated heterocycles. The Kier molecular flexibility index (Phi) is 19.0. The van der Waals surface area contributed by atoms with Crippen molar-refractivity contribution in [1.29, 1.82) is 0 Å². The van der Waals surface area contributed by atoms with Crippen molar-refractivity contribution < 1.29 is 115 Å². The summed E-state index contributed by atoms with van der Waals surface area (Å²) in [4.78, 5) is 40.4. The van der Waals surface area contributed by atoms with Gasteiger partial charge in [-0.15, -0.1) is 0 Å². The zero-order valence-electron chi connectivity index (χ0n) is 24.5. The second-order valence-electron chi connectivity index (χ2n) is 10.4. The van der Waals surface area contributed by atoms with Gasteiger partial charge in [-0.25, -0.2) is 4.79 Å². The average molecular weight is 699 g/mol. The first kappa shape index (κ1) is 44.4. The number of aldehydes is 1. The van der Waals surface area contributed by atoms with Crippen LogP contribution in [0.3, 0.4) is 0 Å². The third-order valence-corrected chi connectivity index (χ3v) is 6.60. The van der Waals surface area contributed by atoms with E-state index in [-0.39, 0.29) is 6.29 Å². The van der Waals surface area contributed by atoms with E-state index < -0.39 is 135 Å². The number of carbonyl (C=O) groups is 4. The molecule has 2 rings (SSSR count). The molecule has 2 aliphatic rings. The molecule has 0 bridgehead atoms. The van der Waals surface area contributed by atoms with E-state index in [4.69, 9.17) is 60.2 Å². The molecular weight excluding hydrogens is 656 g/mol. The smallest absolute Gasteiger partial charge is 0.336 e. The fourth-order valence-electron chi connectivity index (χ4n) is 3.85. The summed E-state index contributed by atoms with van der Waals surface area (Å²) in [5.41, 5.74) is -2.74. The van der Waals surface area contributed by atoms with E-state index in [1.807, 2.05) is 0 Å². The molecule has 276 valence electrons. The van der Waals surface area contributed by atoms with Crippen LogP contribution in [-0.2, 0) is 33.4 Å². The summed E-state index contributed by atoms with van der Waals surface area (Å²) in [5.74, 6) is -5.02. The van der Waals surface area contributed by atoms with Crippen molar-refractivity contribution >= 4 is 24.2 Å². The maximum Gasteiger partial charge on any atom is 0.336 e. The normalized spacial score (nSPS) is 33.4. The molecule has 0 aromatic rings. The fourth-order valence-corrected chi connectivity index (χ4v) is 3.85. The lowest BCUT2D eigenvalue weighted by Gasteiger charge is -2.45. The molecule has 0 radical (unpaired) electrons. The number of hydrogen-bond acceptors (Lipinski definition) is 20. The lowest BCUT2D eigenvalue weighted by molar-refractivity contribution is -0.355. The predicted molar refractivity (Wildman–Crippen MR) is 141 cm³/mol. The summed E-state index contributed by atoms with van der Waals surface area (Å²) >= 11 is 0. The highest BCUT2D eigenvalue weighted by molar-refractivity contribution is 5.88. The van der Waals surface area contributed by atoms with Crippen LogP contribution in [0.5, 0.6) is 0 Å². The predicted octanol–water partition coefficient (Wildman–Crippen LogP) is -9.00. The topological polar surface area (TPSA) is 420 Å². The molecule has 0 saturated carbocycles. The van der Waals surface area contributed by atoms with Gasteiger partial charge in [-0.05, 0) is 6.92 Å². The van der Waals surface area contributed by atoms with Gasteiger partial charge in [0.25, 0.3) is 0 Å². The van der Waals surface area contributed by atoms with E-state index in [9.17, 15) is 54.9 Å². The van der Waals surface area contributed by atoms with Gasteiger partial charge in [0.1, 0.15) is 67.1 Å². The Morgan fingerprint density at radius 2 is 1.23 bits per heavy atom. The van der Waals surface area contributed by atoms with Crippen molar-refractivity contribution in [1.82, 2.24) is 0 Å². The number of carboxylic acids is 3. The molecule has 2 aliphatic heterocycles. The quantitative estimate of drug-likeness (QED) is 0.0794. The Bertz CT molecular complexity index is 959. The van der Waals surface area contributed by atoms with Crippen LogP contribution in [0.2, 0.25) is 0 Å². The monoisotopic (exact) mass is 698 g/mol. The van der Waals surface area contributed by atoms with Crippen LogP contribution in [0.4, 0.5) is 0 Å². The molecular formula is C24H42O23. The minimum atomic E-state index is -2.74. The molecule has 1 unspecified atom stereocenters. The van der Waals surface area contributed by atoms with Gasteiger partial charge in [0, 0.05) is 0 Å². The molecule has 0 amide bonds. The lowest BCUT2D eigenvalue weighted by atomic mass is 9.96. The minimum absolute atomic E-state index is 0.0935. The lowest BCUT2D eigenvalue weighted by Crippen LogP contribution is -2.64. The van der Waals surface area contributed by atoms with Crippen molar-refractivity contribution in [3.63, 3.8) is 0 Å². The molecule has 0 aromatic carbocycles. The molecule has 0 aromatic heterocycles. The minimum Gasteiger partial charge on any atom is -0.481 e. The van der Waals surface area contributed by atoms with Crippen LogP contribution in [0.15, 0.2) is 0 Å². The van der Waals surface area contributed by atoms with Crippen LogP contribution in [0.25, 0.3) is 0 Å². The molecule has 14 atom stereocenters. The zero-order valence-corrected chi connectivity index (χ0v) is 24.5. The van der Waals surface area contributed by atoms with Crippen molar-refractivity contribution in [2.45, 2.75) is 111 Å². The molecule has 23 nitrogen and oxygen atoms in total. The summed E-state index contributed by atoms with van der Waals surface area (Å²) < 4.78 is 15.3. The number of ether oxygens (including phenoxy) is 3. The SMILES string of the molecule is C[C@@H](O)[C@@H](O)[C@H](O)[C@H](O)C=O.O=C(O)CC(O)(CC(=O)O)C(=O)O.OC[C@H]1O[C@@H](O[C@H]2[C@H](O)[C@@H](O)C(O)O[C@@H]2CO)[C@H](O)[C@@H](O)[C@H]1O. The molecule has 0 spiro atoms. The Labute approximate surface area is 264 Å². The van der Waals surface area contributed by atoms with Crippen molar-refractivity contribution in [2.24, 2.45) is 0 Å². The summed E-state index contributed by atoms with van der Waals surface area (Å²) in [6.07, 6.45) is -23.7. The number of carboxylic acid groups (broad SMARTS) is 3. The number of hydrogen-bond donors (Lipinski definition) is 16. The number of aliphatic carboxylic acids is 3. The van der Waals surface area contributed by atoms with E-state index in [1.165, 1.54) is 6.92 Å². The van der Waals surface area contributed by atoms with E-state index >= 15 is 0 Å². The van der Waals surface area contributed by atoms with Gasteiger partial charge in [-0.2, -0.15) is 0 Å². The molecule has 2 fully saturated rings. The second kappa shape index (κ2) is 20.1. The van der Waals surface area contributed by atoms with Crippen LogP contribution in [0.1, 0.15) is 19.8 Å². The van der Waals surface area contributed by atoms with Crippen LogP contribution in [-0.4, -0.2) is 211 Å². The first-order chi connectivity index (χ1) is 21.6. The molecule has 23 heteroatoms. The Hall–Kier alpha value is -2.56. The number of rotatable bonds is 13. The molecule has 16 N–H and O–H groups in total. The third-order valence-electron chi connectivity index (χ3n) is 6.60. The zero-order chi connectivity index (χ0) is 37.0. The second-order valence-corrected chi connectivity index (χ2v) is 10.4. The van der Waals surface area contributed by atoms with Gasteiger partial charge in [0.2, 0.25) is 0 Å². The highest BCUT2D eigenvalue weighted by atomic mass is 16.7. The van der Waals surface area contributed by atoms with E-state index in [0.29, 0.717) is 0 Å². The number of aliphatic hydroxyl groups excluding tert-OH is 12. The molecule has 0 aliphatic carbocycles. The number of aliphatic hydroxyl groups is 13. The van der Waals surface area contributed by atoms with E-state index in [1.54, 1.807) is 0 Å². The Balaban J connectivity index is 0.000000750. The fraction of sp³-hybridized carbons (Fsp3) is 0.833. The average Bonchev–Trinajstić information content (AvgIpc) is 2.99. The van der Waals surface area contributed by atoms with Crippen LogP contribution < -0.4 is 0 Å². The number of carbonyl (C=O) groups excluding carboxylic acids is 1. The first-order valence-electron chi connectivity index (χ1n) is 13.4. The highest BCUT2D eigenvalue weighted by Gasteiger charge is 2.50. The van der Waals surface area contributed by atoms with Gasteiger partial charge in [-0.1, -0.05) is 0 Å². The van der Waals surface area contributed by atoms with Crippen molar-refractivity contribution in [3.05, 3.63) is 0 Å². The summed E-state index contributed by atoms with van der Waals surface area (Å²) in [6.45, 7) is -0.104. The van der Waals surface area contributed by atoms with E-state index in [2.05, 4.69) is 0 Å². The largest absolute Gasteiger partial charge is 0.481 e. The van der Waals surface area contributed by atoms with Gasteiger partial charge >= 0.3 is 17.9 Å². The molecule has 2 heterocycles. The standard InChI is InChI=1S/C12H22O11.C6H8O7.C6H12O5/c13-1-3-5(15)6(16)9(19)12(22-3)23-10-4(2-14)21-11(20)8(18)7(10)17;7-3(8)1-6(13,5(11)12)2-4(9)10;1-3(8)5(10)6(11)4(9)2-7/h3-20H,1-2H2;13H,1-2H2,(H,7,8)(H,9,10)(H,11,12);2-6,8-11H,1H3/t3-,4-,5+,6+,7-,8-,9-,10-,11?,12+;;3-,4-,5-,6-/m1.1/s1. The Morgan fingerprint density at radius 3 is 1.62 bits per heavy atom. The van der Waals surface area contributed by atoms with Crippen LogP contribution >= 0.6 is 0 Å². The van der Waals surface area contributed by atoms with Gasteiger partial charge < -0.3 is 101 Å². The van der Waals surface area contributed by atoms with Crippen molar-refractivity contribution in [3.8, 4) is 0 Å². The summed E-state index contributed by atoms with van der Waals surface area (Å²) in [7, 11) is 0. The van der Waals surface area contributed by atoms with E-state index in [0.717, 1.165) is 0 Å². The van der Waals surface area contributed by atoms with Crippen molar-refractivity contribution in [2.75, 3.05) is 13.2 Å². The highest BCUT2D eigenvalue weighted by Crippen LogP contribution is 2.28. The molecule has 47 heavy (non-hydrogen) atoms. The van der Waals surface area contributed by atoms with Gasteiger partial charge in [-0.3, -0.25) is 9.59 Å². The summed E-state index contributed by atoms with van der Waals surface area (Å²) in [5, 5.41) is 145. The van der Waals surface area contributed by atoms with Gasteiger partial charge in [0.15, 0.2) is 24.5 Å². The summed E-state index contributed by atoms with van der Waals surface area (Å²) in [6, 6.07) is 0. The van der Waals surface area contributed by atoms with Gasteiger partial charge in [0.05, 0.1) is 32.2 Å². The maximum absolute atomic E-state index is 10.3. The van der Waals surface area contributed by atoms with Crippen LogP contribution in [0, 0.1) is 0 Å².